The molecular weight excluding hydrogens is 152 g/mol. The second-order valence-corrected chi connectivity index (χ2v) is 2.47. The van der Waals surface area contributed by atoms with Crippen LogP contribution >= 0.6 is 0 Å². The van der Waals surface area contributed by atoms with Gasteiger partial charge in [0.15, 0.2) is 5.76 Å². The highest BCUT2D eigenvalue weighted by atomic mass is 16.5. The molecule has 0 heterocycles. The molecule has 12 heavy (non-hydrogen) atoms. The van der Waals surface area contributed by atoms with E-state index in [-0.39, 0.29) is 0 Å². The summed E-state index contributed by atoms with van der Waals surface area (Å²) < 4.78 is 10.2. The number of ether oxygens (including phenoxy) is 2. The smallest absolute Gasteiger partial charge is 0.204 e. The molecule has 2 nitrogen and oxygen atoms in total. The average Bonchev–Trinajstić information content (AvgIpc) is 2.27. The van der Waals surface area contributed by atoms with E-state index in [1.807, 2.05) is 25.2 Å². The van der Waals surface area contributed by atoms with Gasteiger partial charge in [-0.05, 0) is 24.6 Å². The zero-order chi connectivity index (χ0) is 8.97. The van der Waals surface area contributed by atoms with Gasteiger partial charge in [0.1, 0.15) is 0 Å². The van der Waals surface area contributed by atoms with Gasteiger partial charge in [-0.1, -0.05) is 11.8 Å². The van der Waals surface area contributed by atoms with Crippen LogP contribution in [0.15, 0.2) is 41.1 Å². The highest BCUT2D eigenvalue weighted by Crippen LogP contribution is 2.14. The normalized spacial score (nSPS) is 15.8. The second kappa shape index (κ2) is 3.84. The maximum atomic E-state index is 5.09. The molecule has 0 spiro atoms. The van der Waals surface area contributed by atoms with Crippen LogP contribution in [0.2, 0.25) is 0 Å². The lowest BCUT2D eigenvalue weighted by Gasteiger charge is -2.04. The van der Waals surface area contributed by atoms with Crippen molar-refractivity contribution in [2.24, 2.45) is 0 Å². The van der Waals surface area contributed by atoms with Gasteiger partial charge in [0.05, 0.1) is 14.2 Å². The van der Waals surface area contributed by atoms with Crippen molar-refractivity contribution < 1.29 is 9.47 Å². The van der Waals surface area contributed by atoms with Crippen molar-refractivity contribution in [3.63, 3.8) is 0 Å². The lowest BCUT2D eigenvalue weighted by molar-refractivity contribution is 0.221. The summed E-state index contributed by atoms with van der Waals surface area (Å²) in [5.74, 6) is 1.33. The molecular formula is C10H12O2. The first-order valence-electron chi connectivity index (χ1n) is 3.71. The number of rotatable bonds is 2. The molecule has 0 aromatic rings. The number of methoxy groups -OCH3 is 2. The quantitative estimate of drug-likeness (QED) is 0.582. The van der Waals surface area contributed by atoms with Crippen molar-refractivity contribution >= 4 is 0 Å². The molecule has 1 aliphatic carbocycles. The van der Waals surface area contributed by atoms with E-state index in [4.69, 9.17) is 9.47 Å². The number of hydrogen-bond donors (Lipinski definition) is 0. The van der Waals surface area contributed by atoms with E-state index in [0.717, 1.165) is 5.57 Å². The van der Waals surface area contributed by atoms with Crippen molar-refractivity contribution in [1.82, 2.24) is 0 Å². The maximum absolute atomic E-state index is 5.09. The lowest BCUT2D eigenvalue weighted by Crippen LogP contribution is -1.92. The zero-order valence-electron chi connectivity index (χ0n) is 7.55. The van der Waals surface area contributed by atoms with E-state index in [1.165, 1.54) is 0 Å². The van der Waals surface area contributed by atoms with Crippen molar-refractivity contribution in [3.8, 4) is 0 Å². The van der Waals surface area contributed by atoms with Crippen LogP contribution in [0.25, 0.3) is 0 Å². The Kier molecular flexibility index (Phi) is 2.78. The van der Waals surface area contributed by atoms with Crippen molar-refractivity contribution in [3.05, 3.63) is 41.1 Å². The van der Waals surface area contributed by atoms with Crippen LogP contribution in [0.5, 0.6) is 0 Å². The summed E-state index contributed by atoms with van der Waals surface area (Å²) in [7, 11) is 3.21. The largest absolute Gasteiger partial charge is 0.492 e. The fourth-order valence-electron chi connectivity index (χ4n) is 0.902. The van der Waals surface area contributed by atoms with E-state index in [0.29, 0.717) is 11.5 Å². The highest BCUT2D eigenvalue weighted by molar-refractivity contribution is 5.33. The van der Waals surface area contributed by atoms with Crippen LogP contribution < -0.4 is 0 Å². The van der Waals surface area contributed by atoms with Gasteiger partial charge in [-0.25, -0.2) is 0 Å². The minimum Gasteiger partial charge on any atom is -0.492 e. The van der Waals surface area contributed by atoms with Gasteiger partial charge < -0.3 is 9.47 Å². The Morgan fingerprint density at radius 3 is 2.50 bits per heavy atom. The summed E-state index contributed by atoms with van der Waals surface area (Å²) in [5.41, 5.74) is 4.11. The van der Waals surface area contributed by atoms with Gasteiger partial charge in [0, 0.05) is 0 Å². The Morgan fingerprint density at radius 2 is 1.92 bits per heavy atom. The van der Waals surface area contributed by atoms with Gasteiger partial charge in [-0.3, -0.25) is 0 Å². The molecule has 0 saturated carbocycles. The van der Waals surface area contributed by atoms with E-state index in [9.17, 15) is 0 Å². The monoisotopic (exact) mass is 164 g/mol. The highest BCUT2D eigenvalue weighted by Gasteiger charge is 2.04. The minimum absolute atomic E-state index is 0.630. The van der Waals surface area contributed by atoms with Crippen LogP contribution in [-0.2, 0) is 9.47 Å². The Morgan fingerprint density at radius 1 is 1.17 bits per heavy atom. The third-order valence-corrected chi connectivity index (χ3v) is 1.58. The average molecular weight is 164 g/mol. The molecule has 1 aliphatic rings. The minimum atomic E-state index is 0.630. The molecule has 0 N–H and O–H groups in total. The SMILES string of the molecule is COC1=C=CC(C)=CC=C1OC. The molecule has 0 amide bonds. The van der Waals surface area contributed by atoms with Gasteiger partial charge in [-0.15, -0.1) is 0 Å². The third kappa shape index (κ3) is 1.80. The first-order chi connectivity index (χ1) is 5.77. The Hall–Kier alpha value is -1.40. The fraction of sp³-hybridized carbons (Fsp3) is 0.300. The predicted molar refractivity (Wildman–Crippen MR) is 47.5 cm³/mol. The topological polar surface area (TPSA) is 18.5 Å². The molecule has 1 rings (SSSR count). The molecule has 2 heteroatoms. The molecule has 0 radical (unpaired) electrons. The third-order valence-electron chi connectivity index (χ3n) is 1.58. The van der Waals surface area contributed by atoms with Crippen LogP contribution in [-0.4, -0.2) is 14.2 Å². The molecule has 0 saturated heterocycles. The molecule has 0 bridgehead atoms. The molecule has 0 fully saturated rings. The number of allylic oxidation sites excluding steroid dienone is 3. The van der Waals surface area contributed by atoms with E-state index < -0.39 is 0 Å². The standard InChI is InChI=1S/C10H12O2/c1-8-4-6-9(11-2)10(12-3)7-5-8/h4-6H,1-3H3. The van der Waals surface area contributed by atoms with Gasteiger partial charge in [0.2, 0.25) is 5.76 Å². The molecule has 0 atom stereocenters. The maximum Gasteiger partial charge on any atom is 0.204 e. The van der Waals surface area contributed by atoms with Gasteiger partial charge in [0.25, 0.3) is 0 Å². The molecule has 0 aromatic heterocycles. The van der Waals surface area contributed by atoms with Crippen LogP contribution in [0.3, 0.4) is 0 Å². The van der Waals surface area contributed by atoms with Crippen molar-refractivity contribution in [1.29, 1.82) is 0 Å². The predicted octanol–water partition coefficient (Wildman–Crippen LogP) is 2.16. The summed E-state index contributed by atoms with van der Waals surface area (Å²) in [4.78, 5) is 0. The van der Waals surface area contributed by atoms with E-state index in [2.05, 4.69) is 5.73 Å². The van der Waals surface area contributed by atoms with Crippen molar-refractivity contribution in [2.45, 2.75) is 6.92 Å². The molecule has 0 aliphatic heterocycles. The lowest BCUT2D eigenvalue weighted by atomic mass is 10.3. The summed E-state index contributed by atoms with van der Waals surface area (Å²) in [6, 6.07) is 0. The Bertz CT molecular complexity index is 289. The van der Waals surface area contributed by atoms with Crippen LogP contribution in [0.4, 0.5) is 0 Å². The van der Waals surface area contributed by atoms with Gasteiger partial charge >= 0.3 is 0 Å². The van der Waals surface area contributed by atoms with E-state index in [1.54, 1.807) is 14.2 Å². The molecule has 0 unspecified atom stereocenters. The summed E-state index contributed by atoms with van der Waals surface area (Å²) in [6.07, 6.45) is 5.68. The molecule has 64 valence electrons. The van der Waals surface area contributed by atoms with E-state index >= 15 is 0 Å². The summed E-state index contributed by atoms with van der Waals surface area (Å²) in [5, 5.41) is 0. The van der Waals surface area contributed by atoms with Crippen LogP contribution in [0, 0.1) is 0 Å². The summed E-state index contributed by atoms with van der Waals surface area (Å²) >= 11 is 0. The second-order valence-electron chi connectivity index (χ2n) is 2.47. The van der Waals surface area contributed by atoms with Crippen LogP contribution in [0.1, 0.15) is 6.92 Å². The first-order valence-corrected chi connectivity index (χ1v) is 3.71. The molecule has 0 aromatic carbocycles. The fourth-order valence-corrected chi connectivity index (χ4v) is 0.902. The van der Waals surface area contributed by atoms with Gasteiger partial charge in [-0.2, -0.15) is 0 Å². The van der Waals surface area contributed by atoms with Crippen molar-refractivity contribution in [2.75, 3.05) is 14.2 Å². The number of hydrogen-bond acceptors (Lipinski definition) is 2. The zero-order valence-corrected chi connectivity index (χ0v) is 7.55. The Balaban J connectivity index is 3.06. The summed E-state index contributed by atoms with van der Waals surface area (Å²) in [6.45, 7) is 2.00. The Labute approximate surface area is 72.5 Å². The first kappa shape index (κ1) is 8.69.